The molecule has 37 heavy (non-hydrogen) atoms. The van der Waals surface area contributed by atoms with Gasteiger partial charge in [-0.3, -0.25) is 25.6 Å². The smallest absolute Gasteiger partial charge is 0.410 e. The van der Waals surface area contributed by atoms with Crippen molar-refractivity contribution in [3.8, 4) is 0 Å². The molecule has 1 aliphatic heterocycles. The third-order valence-electron chi connectivity index (χ3n) is 6.90. The van der Waals surface area contributed by atoms with E-state index in [9.17, 15) is 10.2 Å². The lowest BCUT2D eigenvalue weighted by Crippen LogP contribution is -2.46. The number of anilines is 1. The van der Waals surface area contributed by atoms with Crippen LogP contribution in [0.4, 0.5) is 10.5 Å². The van der Waals surface area contributed by atoms with Crippen LogP contribution in [0.2, 0.25) is 5.02 Å². The second-order valence-electron chi connectivity index (χ2n) is 10.7. The van der Waals surface area contributed by atoms with E-state index in [1.807, 2.05) is 45.2 Å². The van der Waals surface area contributed by atoms with Gasteiger partial charge in [-0.1, -0.05) is 11.6 Å². The number of carbonyl (C=O) groups excluding carboxylic acids is 1. The van der Waals surface area contributed by atoms with Gasteiger partial charge in [0.2, 0.25) is 0 Å². The number of fused-ring (bicyclic) bond motifs is 2. The first-order valence-electron chi connectivity index (χ1n) is 12.5. The van der Waals surface area contributed by atoms with Crippen LogP contribution in [0.25, 0.3) is 10.2 Å². The molecule has 2 N–H and O–H groups in total. The molecule has 0 radical (unpaired) electrons. The molecule has 1 amide bonds. The summed E-state index contributed by atoms with van der Waals surface area (Å²) in [6, 6.07) is 9.42. The van der Waals surface area contributed by atoms with Crippen molar-refractivity contribution in [1.82, 2.24) is 14.3 Å². The third-order valence-corrected chi connectivity index (χ3v) is 7.95. The summed E-state index contributed by atoms with van der Waals surface area (Å²) in [7, 11) is 0. The van der Waals surface area contributed by atoms with Crippen molar-refractivity contribution in [2.45, 2.75) is 64.5 Å². The molecular formula is C27H31ClN6O2S. The Hall–Kier alpha value is -3.04. The number of carbonyl (C=O) groups is 1. The standard InChI is InChI=1S/C27H31ClN6O2S/c1-27(2,3)36-26(35)33-14-18-13-19(28)10-11-20(18)34(22(29)15-33)25(30)17-8-6-16(7-9-17)23-24-21(37-32-23)5-4-12-31-24/h4-5,10-13,16-17,29-30H,6-9,14-15H2,1-3H3. The van der Waals surface area contributed by atoms with Gasteiger partial charge < -0.3 is 4.74 Å². The van der Waals surface area contributed by atoms with Crippen LogP contribution >= 0.6 is 23.1 Å². The molecule has 0 saturated heterocycles. The van der Waals surface area contributed by atoms with Crippen molar-refractivity contribution in [2.24, 2.45) is 5.92 Å². The number of nitrogens with zero attached hydrogens (tertiary/aromatic N) is 4. The van der Waals surface area contributed by atoms with Gasteiger partial charge >= 0.3 is 6.09 Å². The first-order valence-corrected chi connectivity index (χ1v) is 13.7. The predicted molar refractivity (Wildman–Crippen MR) is 148 cm³/mol. The molecule has 5 rings (SSSR count). The van der Waals surface area contributed by atoms with Crippen LogP contribution in [0.5, 0.6) is 0 Å². The summed E-state index contributed by atoms with van der Waals surface area (Å²) >= 11 is 7.81. The zero-order chi connectivity index (χ0) is 26.3. The van der Waals surface area contributed by atoms with Gasteiger partial charge in [0.1, 0.15) is 22.8 Å². The minimum atomic E-state index is -0.647. The Morgan fingerprint density at radius 2 is 1.92 bits per heavy atom. The van der Waals surface area contributed by atoms with E-state index < -0.39 is 11.7 Å². The molecule has 0 bridgehead atoms. The van der Waals surface area contributed by atoms with Crippen molar-refractivity contribution in [3.63, 3.8) is 0 Å². The Morgan fingerprint density at radius 3 is 2.65 bits per heavy atom. The molecule has 0 atom stereocenters. The van der Waals surface area contributed by atoms with Crippen molar-refractivity contribution in [3.05, 3.63) is 52.8 Å². The number of benzene rings is 1. The van der Waals surface area contributed by atoms with E-state index in [0.29, 0.717) is 16.8 Å². The Bertz CT molecular complexity index is 1360. The average Bonchev–Trinajstić information content (AvgIpc) is 3.22. The molecular weight excluding hydrogens is 508 g/mol. The van der Waals surface area contributed by atoms with E-state index in [-0.39, 0.29) is 24.8 Å². The number of hydrogen-bond acceptors (Lipinski definition) is 7. The van der Waals surface area contributed by atoms with Crippen LogP contribution in [-0.4, -0.2) is 44.2 Å². The van der Waals surface area contributed by atoms with Crippen LogP contribution in [0.15, 0.2) is 36.5 Å². The highest BCUT2D eigenvalue weighted by molar-refractivity contribution is 7.13. The minimum Gasteiger partial charge on any atom is -0.444 e. The second kappa shape index (κ2) is 10.0. The van der Waals surface area contributed by atoms with Gasteiger partial charge in [-0.2, -0.15) is 4.37 Å². The fourth-order valence-corrected chi connectivity index (χ4v) is 6.19. The highest BCUT2D eigenvalue weighted by atomic mass is 35.5. The van der Waals surface area contributed by atoms with Crippen molar-refractivity contribution >= 4 is 56.8 Å². The minimum absolute atomic E-state index is 0.00561. The van der Waals surface area contributed by atoms with Crippen LogP contribution in [0.1, 0.15) is 63.6 Å². The lowest BCUT2D eigenvalue weighted by atomic mass is 9.79. The fourth-order valence-electron chi connectivity index (χ4n) is 5.18. The topological polar surface area (TPSA) is 106 Å². The van der Waals surface area contributed by atoms with E-state index in [4.69, 9.17) is 26.1 Å². The SMILES string of the molecule is CC(C)(C)OC(=O)N1CC(=N)N(C(=N)C2CCC(c3nsc4cccnc34)CC2)c2ccc(Cl)cc2C1. The van der Waals surface area contributed by atoms with Crippen LogP contribution in [-0.2, 0) is 11.3 Å². The number of ether oxygens (including phenoxy) is 1. The molecule has 0 unspecified atom stereocenters. The van der Waals surface area contributed by atoms with E-state index in [1.54, 1.807) is 11.0 Å². The molecule has 0 spiro atoms. The zero-order valence-corrected chi connectivity index (χ0v) is 22.8. The average molecular weight is 539 g/mol. The highest BCUT2D eigenvalue weighted by Gasteiger charge is 2.35. The van der Waals surface area contributed by atoms with Gasteiger partial charge in [-0.25, -0.2) is 4.79 Å². The Balaban J connectivity index is 1.36. The Kier molecular flexibility index (Phi) is 6.93. The maximum Gasteiger partial charge on any atom is 0.410 e. The van der Waals surface area contributed by atoms with Gasteiger partial charge in [-0.15, -0.1) is 0 Å². The summed E-state index contributed by atoms with van der Waals surface area (Å²) in [6.45, 7) is 5.77. The number of rotatable bonds is 2. The van der Waals surface area contributed by atoms with E-state index >= 15 is 0 Å². The number of amides is 1. The van der Waals surface area contributed by atoms with E-state index in [2.05, 4.69) is 11.1 Å². The second-order valence-corrected chi connectivity index (χ2v) is 12.0. The maximum atomic E-state index is 12.9. The first-order chi connectivity index (χ1) is 17.6. The predicted octanol–water partition coefficient (Wildman–Crippen LogP) is 6.83. The van der Waals surface area contributed by atoms with Gasteiger partial charge in [0.25, 0.3) is 0 Å². The summed E-state index contributed by atoms with van der Waals surface area (Å²) in [6.07, 6.45) is 4.83. The quantitative estimate of drug-likeness (QED) is 0.275. The number of amidine groups is 2. The van der Waals surface area contributed by atoms with Crippen LogP contribution in [0.3, 0.4) is 0 Å². The Morgan fingerprint density at radius 1 is 1.16 bits per heavy atom. The van der Waals surface area contributed by atoms with E-state index in [1.165, 1.54) is 16.4 Å². The molecule has 2 aliphatic rings. The molecule has 10 heteroatoms. The van der Waals surface area contributed by atoms with Gasteiger partial charge in [0, 0.05) is 23.1 Å². The van der Waals surface area contributed by atoms with Crippen molar-refractivity contribution < 1.29 is 9.53 Å². The molecule has 2 aromatic heterocycles. The lowest BCUT2D eigenvalue weighted by molar-refractivity contribution is 0.0265. The van der Waals surface area contributed by atoms with Crippen molar-refractivity contribution in [2.75, 3.05) is 11.4 Å². The zero-order valence-electron chi connectivity index (χ0n) is 21.3. The van der Waals surface area contributed by atoms with Crippen molar-refractivity contribution in [1.29, 1.82) is 10.8 Å². The summed E-state index contributed by atoms with van der Waals surface area (Å²) in [4.78, 5) is 20.7. The number of hydrogen-bond donors (Lipinski definition) is 2. The fraction of sp³-hybridized carbons (Fsp3) is 0.444. The number of nitrogens with one attached hydrogen (secondary N) is 2. The lowest BCUT2D eigenvalue weighted by Gasteiger charge is -2.34. The summed E-state index contributed by atoms with van der Waals surface area (Å²) in [5.41, 5.74) is 2.93. The molecule has 8 nitrogen and oxygen atoms in total. The monoisotopic (exact) mass is 538 g/mol. The number of aromatic nitrogens is 2. The third kappa shape index (κ3) is 5.33. The summed E-state index contributed by atoms with van der Waals surface area (Å²) in [5.74, 6) is 0.893. The molecule has 1 aromatic carbocycles. The van der Waals surface area contributed by atoms with Gasteiger partial charge in [-0.05, 0) is 93.9 Å². The molecule has 3 heterocycles. The summed E-state index contributed by atoms with van der Waals surface area (Å²) in [5, 5.41) is 18.6. The van der Waals surface area contributed by atoms with Gasteiger partial charge in [0.15, 0.2) is 0 Å². The van der Waals surface area contributed by atoms with Gasteiger partial charge in [0.05, 0.1) is 29.2 Å². The molecule has 1 saturated carbocycles. The molecule has 194 valence electrons. The Labute approximate surface area is 225 Å². The highest BCUT2D eigenvalue weighted by Crippen LogP contribution is 2.40. The normalized spacial score (nSPS) is 20.5. The largest absolute Gasteiger partial charge is 0.444 e. The maximum absolute atomic E-state index is 12.9. The molecule has 1 aliphatic carbocycles. The molecule has 1 fully saturated rings. The van der Waals surface area contributed by atoms with Crippen LogP contribution in [0, 0.1) is 16.7 Å². The number of pyridine rings is 1. The van der Waals surface area contributed by atoms with E-state index in [0.717, 1.165) is 52.8 Å². The summed E-state index contributed by atoms with van der Waals surface area (Å²) < 4.78 is 11.4. The number of halogens is 1. The first kappa shape index (κ1) is 25.6. The molecule has 3 aromatic rings. The van der Waals surface area contributed by atoms with Crippen LogP contribution < -0.4 is 4.90 Å².